The number of aromatic nitrogens is 1. The van der Waals surface area contributed by atoms with Crippen molar-refractivity contribution < 1.29 is 4.74 Å². The number of hydrogen-bond acceptors (Lipinski definition) is 3. The zero-order valence-electron chi connectivity index (χ0n) is 8.94. The summed E-state index contributed by atoms with van der Waals surface area (Å²) in [5.74, 6) is 0. The summed E-state index contributed by atoms with van der Waals surface area (Å²) in [5.41, 5.74) is 1.19. The lowest BCUT2D eigenvalue weighted by molar-refractivity contribution is 0.198. The van der Waals surface area contributed by atoms with Crippen LogP contribution in [0.4, 0.5) is 5.69 Å². The predicted octanol–water partition coefficient (Wildman–Crippen LogP) is 1.94. The standard InChI is InChI=1S/C7H10N2.C4H8O/c1-9(2)7-3-5-8-6-4-7;1-2-4-5-3-1/h3-6H,1-2H3;1-4H2. The number of rotatable bonds is 1. The maximum Gasteiger partial charge on any atom is 0.0466 e. The van der Waals surface area contributed by atoms with E-state index in [1.807, 2.05) is 31.1 Å². The third-order valence-corrected chi connectivity index (χ3v) is 2.01. The van der Waals surface area contributed by atoms with Crippen LogP contribution in [0.1, 0.15) is 12.8 Å². The van der Waals surface area contributed by atoms with Crippen molar-refractivity contribution in [3.05, 3.63) is 24.5 Å². The van der Waals surface area contributed by atoms with Gasteiger partial charge in [-0.25, -0.2) is 0 Å². The summed E-state index contributed by atoms with van der Waals surface area (Å²) in [4.78, 5) is 5.94. The van der Waals surface area contributed by atoms with Gasteiger partial charge in [-0.3, -0.25) is 4.98 Å². The van der Waals surface area contributed by atoms with Crippen LogP contribution in [0.3, 0.4) is 0 Å². The Hall–Kier alpha value is -1.09. The lowest BCUT2D eigenvalue weighted by Crippen LogP contribution is -2.07. The molecule has 0 N–H and O–H groups in total. The molecule has 14 heavy (non-hydrogen) atoms. The molecule has 1 aliphatic rings. The summed E-state index contributed by atoms with van der Waals surface area (Å²) in [6, 6.07) is 3.94. The van der Waals surface area contributed by atoms with Crippen LogP contribution in [0, 0.1) is 0 Å². The molecule has 0 amide bonds. The Morgan fingerprint density at radius 2 is 1.71 bits per heavy atom. The summed E-state index contributed by atoms with van der Waals surface area (Å²) in [6.07, 6.45) is 6.13. The summed E-state index contributed by atoms with van der Waals surface area (Å²) < 4.78 is 4.94. The van der Waals surface area contributed by atoms with Crippen molar-refractivity contribution in [2.24, 2.45) is 0 Å². The van der Waals surface area contributed by atoms with Crippen LogP contribution < -0.4 is 4.90 Å². The highest BCUT2D eigenvalue weighted by Crippen LogP contribution is 2.05. The van der Waals surface area contributed by atoms with Crippen molar-refractivity contribution in [3.8, 4) is 0 Å². The van der Waals surface area contributed by atoms with Crippen LogP contribution in [-0.2, 0) is 4.74 Å². The molecule has 1 aromatic heterocycles. The van der Waals surface area contributed by atoms with E-state index in [-0.39, 0.29) is 0 Å². The normalized spacial score (nSPS) is 14.4. The topological polar surface area (TPSA) is 25.4 Å². The van der Waals surface area contributed by atoms with E-state index < -0.39 is 0 Å². The van der Waals surface area contributed by atoms with Gasteiger partial charge in [0.15, 0.2) is 0 Å². The zero-order valence-corrected chi connectivity index (χ0v) is 8.94. The number of anilines is 1. The van der Waals surface area contributed by atoms with Crippen molar-refractivity contribution in [2.45, 2.75) is 12.8 Å². The van der Waals surface area contributed by atoms with Crippen LogP contribution in [0.5, 0.6) is 0 Å². The molecule has 0 spiro atoms. The molecule has 2 rings (SSSR count). The number of ether oxygens (including phenoxy) is 1. The minimum Gasteiger partial charge on any atom is -0.381 e. The molecule has 1 fully saturated rings. The molecule has 0 bridgehead atoms. The lowest BCUT2D eigenvalue weighted by atomic mass is 10.4. The fourth-order valence-corrected chi connectivity index (χ4v) is 1.15. The molecule has 0 aliphatic carbocycles. The number of nitrogens with zero attached hydrogens (tertiary/aromatic N) is 2. The van der Waals surface area contributed by atoms with Gasteiger partial charge in [0.2, 0.25) is 0 Å². The van der Waals surface area contributed by atoms with Crippen molar-refractivity contribution in [1.82, 2.24) is 4.98 Å². The average molecular weight is 194 g/mol. The quantitative estimate of drug-likeness (QED) is 0.683. The molecule has 3 heteroatoms. The molecular formula is C11H18N2O. The largest absolute Gasteiger partial charge is 0.381 e. The summed E-state index contributed by atoms with van der Waals surface area (Å²) in [5, 5.41) is 0. The fourth-order valence-electron chi connectivity index (χ4n) is 1.15. The first kappa shape index (κ1) is 11.0. The van der Waals surface area contributed by atoms with Crippen LogP contribution >= 0.6 is 0 Å². The minimum absolute atomic E-state index is 1.00. The van der Waals surface area contributed by atoms with Crippen LogP contribution in [0.2, 0.25) is 0 Å². The summed E-state index contributed by atoms with van der Waals surface area (Å²) in [6.45, 7) is 2.00. The first-order chi connectivity index (χ1) is 6.80. The van der Waals surface area contributed by atoms with E-state index >= 15 is 0 Å². The number of hydrogen-bond donors (Lipinski definition) is 0. The molecular weight excluding hydrogens is 176 g/mol. The van der Waals surface area contributed by atoms with E-state index in [0.717, 1.165) is 13.2 Å². The van der Waals surface area contributed by atoms with Gasteiger partial charge in [0, 0.05) is 45.4 Å². The third kappa shape index (κ3) is 4.23. The van der Waals surface area contributed by atoms with E-state index in [2.05, 4.69) is 4.98 Å². The molecule has 0 saturated carbocycles. The van der Waals surface area contributed by atoms with Gasteiger partial charge < -0.3 is 9.64 Å². The van der Waals surface area contributed by atoms with E-state index in [0.29, 0.717) is 0 Å². The summed E-state index contributed by atoms with van der Waals surface area (Å²) >= 11 is 0. The molecule has 1 aromatic rings. The highest BCUT2D eigenvalue weighted by atomic mass is 16.5. The smallest absolute Gasteiger partial charge is 0.0466 e. The Bertz CT molecular complexity index is 225. The third-order valence-electron chi connectivity index (χ3n) is 2.01. The van der Waals surface area contributed by atoms with Crippen molar-refractivity contribution in [2.75, 3.05) is 32.2 Å². The van der Waals surface area contributed by atoms with Crippen molar-refractivity contribution >= 4 is 5.69 Å². The molecule has 0 atom stereocenters. The Morgan fingerprint density at radius 1 is 1.14 bits per heavy atom. The lowest BCUT2D eigenvalue weighted by Gasteiger charge is -2.10. The van der Waals surface area contributed by atoms with Crippen LogP contribution in [-0.4, -0.2) is 32.3 Å². The molecule has 3 nitrogen and oxygen atoms in total. The monoisotopic (exact) mass is 194 g/mol. The first-order valence-electron chi connectivity index (χ1n) is 4.96. The molecule has 0 radical (unpaired) electrons. The van der Waals surface area contributed by atoms with Gasteiger partial charge in [-0.1, -0.05) is 0 Å². The maximum absolute atomic E-state index is 4.94. The Balaban J connectivity index is 0.000000165. The predicted molar refractivity (Wildman–Crippen MR) is 58.6 cm³/mol. The van der Waals surface area contributed by atoms with Gasteiger partial charge in [0.05, 0.1) is 0 Å². The zero-order chi connectivity index (χ0) is 10.2. The molecule has 2 heterocycles. The van der Waals surface area contributed by atoms with E-state index in [4.69, 9.17) is 4.74 Å². The highest BCUT2D eigenvalue weighted by molar-refractivity contribution is 5.42. The van der Waals surface area contributed by atoms with Gasteiger partial charge in [0.25, 0.3) is 0 Å². The second-order valence-electron chi connectivity index (χ2n) is 3.42. The number of pyridine rings is 1. The molecule has 78 valence electrons. The van der Waals surface area contributed by atoms with Gasteiger partial charge in [-0.15, -0.1) is 0 Å². The molecule has 1 saturated heterocycles. The Labute approximate surface area is 85.7 Å². The van der Waals surface area contributed by atoms with Gasteiger partial charge in [-0.2, -0.15) is 0 Å². The van der Waals surface area contributed by atoms with Crippen LogP contribution in [0.15, 0.2) is 24.5 Å². The average Bonchev–Trinajstić information content (AvgIpc) is 2.77. The second kappa shape index (κ2) is 6.38. The van der Waals surface area contributed by atoms with Gasteiger partial charge >= 0.3 is 0 Å². The van der Waals surface area contributed by atoms with E-state index in [9.17, 15) is 0 Å². The van der Waals surface area contributed by atoms with E-state index in [1.54, 1.807) is 12.4 Å². The van der Waals surface area contributed by atoms with Gasteiger partial charge in [0.1, 0.15) is 0 Å². The maximum atomic E-state index is 4.94. The van der Waals surface area contributed by atoms with Crippen molar-refractivity contribution in [1.29, 1.82) is 0 Å². The summed E-state index contributed by atoms with van der Waals surface area (Å²) in [7, 11) is 4.02. The Kier molecular flexibility index (Phi) is 5.00. The molecule has 1 aliphatic heterocycles. The second-order valence-corrected chi connectivity index (χ2v) is 3.42. The Morgan fingerprint density at radius 3 is 2.00 bits per heavy atom. The first-order valence-corrected chi connectivity index (χ1v) is 4.96. The SMILES string of the molecule is C1CCOC1.CN(C)c1ccncc1. The van der Waals surface area contributed by atoms with Crippen molar-refractivity contribution in [3.63, 3.8) is 0 Å². The van der Waals surface area contributed by atoms with E-state index in [1.165, 1.54) is 18.5 Å². The minimum atomic E-state index is 1.00. The molecule has 0 unspecified atom stereocenters. The highest BCUT2D eigenvalue weighted by Gasteiger charge is 1.94. The van der Waals surface area contributed by atoms with Crippen LogP contribution in [0.25, 0.3) is 0 Å². The van der Waals surface area contributed by atoms with Gasteiger partial charge in [-0.05, 0) is 25.0 Å². The fraction of sp³-hybridized carbons (Fsp3) is 0.545. The molecule has 0 aromatic carbocycles.